The third-order valence-corrected chi connectivity index (χ3v) is 1.94. The number of carbonyl (C=O) groups excluding carboxylic acids is 1. The van der Waals surface area contributed by atoms with Crippen molar-refractivity contribution in [3.8, 4) is 0 Å². The van der Waals surface area contributed by atoms with Crippen LogP contribution in [-0.2, 0) is 11.0 Å². The van der Waals surface area contributed by atoms with E-state index in [9.17, 15) is 22.8 Å². The zero-order valence-electron chi connectivity index (χ0n) is 9.11. The monoisotopic (exact) mass is 266 g/mol. The van der Waals surface area contributed by atoms with Crippen LogP contribution in [0.2, 0.25) is 0 Å². The first-order chi connectivity index (χ1) is 8.21. The quantitative estimate of drug-likeness (QED) is 0.856. The van der Waals surface area contributed by atoms with Gasteiger partial charge in [-0.05, 0) is 6.92 Å². The summed E-state index contributed by atoms with van der Waals surface area (Å²) in [6.07, 6.45) is -4.65. The van der Waals surface area contributed by atoms with E-state index in [-0.39, 0.29) is 0 Å². The van der Waals surface area contributed by atoms with E-state index >= 15 is 0 Å². The van der Waals surface area contributed by atoms with Gasteiger partial charge in [-0.3, -0.25) is 9.59 Å². The topological polar surface area (TPSA) is 92.4 Å². The summed E-state index contributed by atoms with van der Waals surface area (Å²) < 4.78 is 41.3. The molecule has 1 atom stereocenters. The highest BCUT2D eigenvalue weighted by molar-refractivity contribution is 5.95. The van der Waals surface area contributed by atoms with E-state index in [2.05, 4.69) is 15.0 Å². The molecule has 1 unspecified atom stereocenters. The highest BCUT2D eigenvalue weighted by atomic mass is 19.4. The summed E-state index contributed by atoms with van der Waals surface area (Å²) in [6, 6.07) is -0.814. The number of aromatic nitrogens is 1. The molecule has 0 bridgehead atoms. The van der Waals surface area contributed by atoms with Crippen molar-refractivity contribution in [2.45, 2.75) is 25.6 Å². The lowest BCUT2D eigenvalue weighted by atomic mass is 10.2. The predicted molar refractivity (Wildman–Crippen MR) is 50.7 cm³/mol. The van der Waals surface area contributed by atoms with Crippen molar-refractivity contribution >= 4 is 11.9 Å². The Balaban J connectivity index is 2.80. The van der Waals surface area contributed by atoms with Gasteiger partial charge in [0.05, 0.1) is 6.42 Å². The van der Waals surface area contributed by atoms with Crippen molar-refractivity contribution in [3.63, 3.8) is 0 Å². The van der Waals surface area contributed by atoms with Gasteiger partial charge in [0.2, 0.25) is 0 Å². The van der Waals surface area contributed by atoms with Gasteiger partial charge in [0.25, 0.3) is 5.91 Å². The van der Waals surface area contributed by atoms with Crippen LogP contribution in [0, 0.1) is 0 Å². The van der Waals surface area contributed by atoms with Crippen LogP contribution >= 0.6 is 0 Å². The third kappa shape index (κ3) is 3.47. The maximum Gasteiger partial charge on any atom is 0.437 e. The molecule has 0 aliphatic carbocycles. The molecule has 0 saturated heterocycles. The van der Waals surface area contributed by atoms with Crippen molar-refractivity contribution in [1.29, 1.82) is 0 Å². The molecule has 0 radical (unpaired) electrons. The molecule has 1 aromatic heterocycles. The second-order valence-corrected chi connectivity index (χ2v) is 3.55. The fourth-order valence-electron chi connectivity index (χ4n) is 1.22. The predicted octanol–water partition coefficient (Wildman–Crippen LogP) is 1.29. The minimum atomic E-state index is -4.81. The molecule has 0 spiro atoms. The second kappa shape index (κ2) is 5.07. The molecule has 100 valence electrons. The van der Waals surface area contributed by atoms with Crippen LogP contribution in [0.3, 0.4) is 0 Å². The first kappa shape index (κ1) is 14.0. The summed E-state index contributed by atoms with van der Waals surface area (Å²) in [6.45, 7) is 1.35. The lowest BCUT2D eigenvalue weighted by Crippen LogP contribution is -2.35. The number of nitrogens with one attached hydrogen (secondary N) is 1. The number of aliphatic carboxylic acids is 1. The van der Waals surface area contributed by atoms with E-state index in [1.54, 1.807) is 0 Å². The van der Waals surface area contributed by atoms with Crippen LogP contribution in [0.1, 0.15) is 29.4 Å². The summed E-state index contributed by atoms with van der Waals surface area (Å²) >= 11 is 0. The molecule has 1 rings (SSSR count). The molecular formula is C9H9F3N2O4. The summed E-state index contributed by atoms with van der Waals surface area (Å²) in [5, 5.41) is 13.3. The van der Waals surface area contributed by atoms with Crippen molar-refractivity contribution in [3.05, 3.63) is 17.5 Å². The molecule has 0 aliphatic heterocycles. The van der Waals surface area contributed by atoms with Crippen molar-refractivity contribution < 1.29 is 32.4 Å². The molecule has 0 saturated carbocycles. The fraction of sp³-hybridized carbons (Fsp3) is 0.444. The Bertz CT molecular complexity index is 455. The Kier molecular flexibility index (Phi) is 3.94. The normalized spacial score (nSPS) is 13.1. The maximum absolute atomic E-state index is 12.4. The highest BCUT2D eigenvalue weighted by Crippen LogP contribution is 2.30. The number of nitrogens with zero attached hydrogens (tertiary/aromatic N) is 1. The Labute approximate surface area is 98.8 Å². The minimum Gasteiger partial charge on any atom is -0.481 e. The molecule has 18 heavy (non-hydrogen) atoms. The molecule has 1 aromatic rings. The number of carboxylic acids is 1. The van der Waals surface area contributed by atoms with Gasteiger partial charge in [-0.1, -0.05) is 5.16 Å². The standard InChI is InChI=1S/C9H9F3N2O4/c1-4(2-6(15)16)13-8(17)5-3-18-14-7(5)9(10,11)12/h3-4H,2H2,1H3,(H,13,17)(H,15,16). The van der Waals surface area contributed by atoms with E-state index in [4.69, 9.17) is 5.11 Å². The van der Waals surface area contributed by atoms with Gasteiger partial charge in [0.1, 0.15) is 11.8 Å². The summed E-state index contributed by atoms with van der Waals surface area (Å²) in [5.41, 5.74) is -2.22. The molecular weight excluding hydrogens is 257 g/mol. The maximum atomic E-state index is 12.4. The van der Waals surface area contributed by atoms with Crippen LogP contribution in [-0.4, -0.2) is 28.2 Å². The van der Waals surface area contributed by atoms with E-state index in [1.165, 1.54) is 6.92 Å². The number of halogens is 3. The molecule has 0 aromatic carbocycles. The van der Waals surface area contributed by atoms with E-state index in [1.807, 2.05) is 0 Å². The molecule has 1 heterocycles. The largest absolute Gasteiger partial charge is 0.481 e. The average Bonchev–Trinajstić information content (AvgIpc) is 2.62. The Morgan fingerprint density at radius 2 is 2.17 bits per heavy atom. The van der Waals surface area contributed by atoms with Gasteiger partial charge in [0, 0.05) is 6.04 Å². The molecule has 9 heteroatoms. The van der Waals surface area contributed by atoms with Gasteiger partial charge in [-0.2, -0.15) is 13.2 Å². The van der Waals surface area contributed by atoms with Crippen LogP contribution in [0.4, 0.5) is 13.2 Å². The number of hydrogen-bond acceptors (Lipinski definition) is 4. The SMILES string of the molecule is CC(CC(=O)O)NC(=O)c1conc1C(F)(F)F. The highest BCUT2D eigenvalue weighted by Gasteiger charge is 2.39. The number of carboxylic acid groups (broad SMARTS) is 1. The van der Waals surface area contributed by atoms with Crippen LogP contribution in [0.5, 0.6) is 0 Å². The van der Waals surface area contributed by atoms with Gasteiger partial charge in [-0.15, -0.1) is 0 Å². The van der Waals surface area contributed by atoms with Gasteiger partial charge >= 0.3 is 12.1 Å². The van der Waals surface area contributed by atoms with E-state index < -0.39 is 41.8 Å². The zero-order valence-corrected chi connectivity index (χ0v) is 9.11. The van der Waals surface area contributed by atoms with Gasteiger partial charge in [-0.25, -0.2) is 0 Å². The average molecular weight is 266 g/mol. The van der Waals surface area contributed by atoms with Crippen LogP contribution in [0.15, 0.2) is 10.8 Å². The minimum absolute atomic E-state index is 0.404. The number of rotatable bonds is 4. The molecule has 6 nitrogen and oxygen atoms in total. The lowest BCUT2D eigenvalue weighted by Gasteiger charge is -2.11. The Morgan fingerprint density at radius 1 is 1.56 bits per heavy atom. The second-order valence-electron chi connectivity index (χ2n) is 3.55. The number of carbonyl (C=O) groups is 2. The zero-order chi connectivity index (χ0) is 13.9. The summed E-state index contributed by atoms with van der Waals surface area (Å²) in [4.78, 5) is 21.8. The van der Waals surface area contributed by atoms with E-state index in [0.717, 1.165) is 0 Å². The first-order valence-electron chi connectivity index (χ1n) is 4.76. The van der Waals surface area contributed by atoms with Crippen LogP contribution in [0.25, 0.3) is 0 Å². The Hall–Kier alpha value is -2.06. The molecule has 1 amide bonds. The molecule has 0 fully saturated rings. The number of amides is 1. The number of hydrogen-bond donors (Lipinski definition) is 2. The summed E-state index contributed by atoms with van der Waals surface area (Å²) in [5.74, 6) is -2.26. The lowest BCUT2D eigenvalue weighted by molar-refractivity contribution is -0.143. The molecule has 2 N–H and O–H groups in total. The van der Waals surface area contributed by atoms with Crippen LogP contribution < -0.4 is 5.32 Å². The van der Waals surface area contributed by atoms with Crippen molar-refractivity contribution in [2.75, 3.05) is 0 Å². The third-order valence-electron chi connectivity index (χ3n) is 1.94. The van der Waals surface area contributed by atoms with E-state index in [0.29, 0.717) is 6.26 Å². The summed E-state index contributed by atoms with van der Waals surface area (Å²) in [7, 11) is 0. The first-order valence-corrected chi connectivity index (χ1v) is 4.76. The number of alkyl halides is 3. The van der Waals surface area contributed by atoms with Crippen molar-refractivity contribution in [2.24, 2.45) is 0 Å². The Morgan fingerprint density at radius 3 is 2.67 bits per heavy atom. The van der Waals surface area contributed by atoms with Gasteiger partial charge < -0.3 is 14.9 Å². The molecule has 0 aliphatic rings. The van der Waals surface area contributed by atoms with Crippen molar-refractivity contribution in [1.82, 2.24) is 10.5 Å². The fourth-order valence-corrected chi connectivity index (χ4v) is 1.22. The van der Waals surface area contributed by atoms with Gasteiger partial charge in [0.15, 0.2) is 5.69 Å². The smallest absolute Gasteiger partial charge is 0.437 e.